The molecule has 0 aliphatic heterocycles. The number of rotatable bonds is 4. The van der Waals surface area contributed by atoms with E-state index >= 15 is 0 Å². The van der Waals surface area contributed by atoms with Crippen molar-refractivity contribution >= 4 is 49.1 Å². The molecule has 0 N–H and O–H groups in total. The Bertz CT molecular complexity index is 664. The fourth-order valence-corrected chi connectivity index (χ4v) is 3.03. The summed E-state index contributed by atoms with van der Waals surface area (Å²) < 4.78 is 6.48. The van der Waals surface area contributed by atoms with Gasteiger partial charge in [-0.1, -0.05) is 49.5 Å². The van der Waals surface area contributed by atoms with Crippen molar-refractivity contribution < 1.29 is 9.66 Å². The fraction of sp³-hybridized carbons (Fsp3) is 0.0769. The van der Waals surface area contributed by atoms with Gasteiger partial charge in [0.2, 0.25) is 0 Å². The number of alkyl halides is 1. The third-order valence-corrected chi connectivity index (χ3v) is 4.18. The molecule has 0 saturated heterocycles. The Morgan fingerprint density at radius 3 is 2.60 bits per heavy atom. The first-order chi connectivity index (χ1) is 9.51. The van der Waals surface area contributed by atoms with Crippen LogP contribution < -0.4 is 4.74 Å². The van der Waals surface area contributed by atoms with Crippen LogP contribution in [-0.2, 0) is 5.33 Å². The predicted octanol–water partition coefficient (Wildman–Crippen LogP) is 5.70. The lowest BCUT2D eigenvalue weighted by Crippen LogP contribution is -1.91. The van der Waals surface area contributed by atoms with Gasteiger partial charge in [-0.15, -0.1) is 0 Å². The lowest BCUT2D eigenvalue weighted by molar-refractivity contribution is -0.384. The van der Waals surface area contributed by atoms with E-state index in [9.17, 15) is 10.1 Å². The fourth-order valence-electron chi connectivity index (χ4n) is 1.51. The molecule has 2 aromatic carbocycles. The van der Waals surface area contributed by atoms with Gasteiger partial charge in [0.15, 0.2) is 5.75 Å². The summed E-state index contributed by atoms with van der Waals surface area (Å²) in [7, 11) is 0. The topological polar surface area (TPSA) is 52.4 Å². The lowest BCUT2D eigenvalue weighted by atomic mass is 10.2. The number of hydrogen-bond acceptors (Lipinski definition) is 3. The Labute approximate surface area is 137 Å². The van der Waals surface area contributed by atoms with Crippen molar-refractivity contribution in [2.75, 3.05) is 0 Å². The maximum absolute atomic E-state index is 10.7. The van der Waals surface area contributed by atoms with E-state index in [4.69, 9.17) is 16.3 Å². The summed E-state index contributed by atoms with van der Waals surface area (Å²) in [5.41, 5.74) is 1.00. The highest BCUT2D eigenvalue weighted by molar-refractivity contribution is 9.10. The van der Waals surface area contributed by atoms with Gasteiger partial charge in [0, 0.05) is 15.9 Å². The molecule has 0 aromatic heterocycles. The summed E-state index contributed by atoms with van der Waals surface area (Å²) in [4.78, 5) is 10.3. The summed E-state index contributed by atoms with van der Waals surface area (Å²) in [6, 6.07) is 9.52. The highest BCUT2D eigenvalue weighted by atomic mass is 79.9. The molecule has 0 atom stereocenters. The Morgan fingerprint density at radius 2 is 2.00 bits per heavy atom. The molecule has 2 aromatic rings. The van der Waals surface area contributed by atoms with Crippen LogP contribution in [-0.4, -0.2) is 4.92 Å². The van der Waals surface area contributed by atoms with Gasteiger partial charge in [-0.3, -0.25) is 10.1 Å². The average molecular weight is 421 g/mol. The highest BCUT2D eigenvalue weighted by Gasteiger charge is 2.12. The Balaban J connectivity index is 2.32. The van der Waals surface area contributed by atoms with E-state index in [1.165, 1.54) is 18.2 Å². The predicted molar refractivity (Wildman–Crippen MR) is 85.0 cm³/mol. The molecule has 0 amide bonds. The van der Waals surface area contributed by atoms with Gasteiger partial charge in [0.1, 0.15) is 5.75 Å². The van der Waals surface area contributed by atoms with Crippen molar-refractivity contribution in [3.8, 4) is 11.5 Å². The molecule has 0 fully saturated rings. The molecular formula is C13H8Br2ClNO3. The zero-order chi connectivity index (χ0) is 14.7. The second-order valence-corrected chi connectivity index (χ2v) is 5.68. The number of halogens is 3. The van der Waals surface area contributed by atoms with E-state index in [0.717, 1.165) is 10.0 Å². The standard InChI is InChI=1S/C13H8Br2ClNO3/c14-7-8-1-3-10(6-11(8)15)20-13-5-9(17(18)19)2-4-12(13)16/h1-6H,7H2. The third kappa shape index (κ3) is 3.50. The van der Waals surface area contributed by atoms with E-state index in [2.05, 4.69) is 31.9 Å². The SMILES string of the molecule is O=[N+]([O-])c1ccc(Cl)c(Oc2ccc(CBr)c(Br)c2)c1. The minimum Gasteiger partial charge on any atom is -0.455 e. The number of benzene rings is 2. The first-order valence-electron chi connectivity index (χ1n) is 5.47. The van der Waals surface area contributed by atoms with Crippen LogP contribution in [0.1, 0.15) is 5.56 Å². The van der Waals surface area contributed by atoms with Gasteiger partial charge in [0.05, 0.1) is 16.0 Å². The molecule has 2 rings (SSSR count). The normalized spacial score (nSPS) is 10.3. The van der Waals surface area contributed by atoms with E-state index in [1.54, 1.807) is 12.1 Å². The summed E-state index contributed by atoms with van der Waals surface area (Å²) in [5, 5.41) is 11.8. The van der Waals surface area contributed by atoms with Gasteiger partial charge in [-0.25, -0.2) is 0 Å². The molecule has 0 unspecified atom stereocenters. The van der Waals surface area contributed by atoms with Crippen LogP contribution in [0.5, 0.6) is 11.5 Å². The van der Waals surface area contributed by atoms with Gasteiger partial charge >= 0.3 is 0 Å². The molecular weight excluding hydrogens is 413 g/mol. The number of nitro groups is 1. The van der Waals surface area contributed by atoms with Crippen LogP contribution in [0.25, 0.3) is 0 Å². The van der Waals surface area contributed by atoms with Crippen LogP contribution in [0.3, 0.4) is 0 Å². The lowest BCUT2D eigenvalue weighted by Gasteiger charge is -2.09. The molecule has 20 heavy (non-hydrogen) atoms. The van der Waals surface area contributed by atoms with Crippen molar-refractivity contribution in [2.45, 2.75) is 5.33 Å². The number of ether oxygens (including phenoxy) is 1. The molecule has 0 radical (unpaired) electrons. The average Bonchev–Trinajstić information content (AvgIpc) is 2.41. The zero-order valence-corrected chi connectivity index (χ0v) is 13.9. The van der Waals surface area contributed by atoms with Gasteiger partial charge in [-0.05, 0) is 23.8 Å². The smallest absolute Gasteiger partial charge is 0.273 e. The van der Waals surface area contributed by atoms with Crippen molar-refractivity contribution in [2.24, 2.45) is 0 Å². The molecule has 0 aliphatic rings. The van der Waals surface area contributed by atoms with Crippen molar-refractivity contribution in [1.29, 1.82) is 0 Å². The maximum atomic E-state index is 10.7. The monoisotopic (exact) mass is 419 g/mol. The van der Waals surface area contributed by atoms with E-state index in [1.807, 2.05) is 6.07 Å². The quantitative estimate of drug-likeness (QED) is 0.362. The summed E-state index contributed by atoms with van der Waals surface area (Å²) in [6.45, 7) is 0. The summed E-state index contributed by atoms with van der Waals surface area (Å²) in [5.74, 6) is 0.795. The third-order valence-electron chi connectivity index (χ3n) is 2.52. The second-order valence-electron chi connectivity index (χ2n) is 3.86. The van der Waals surface area contributed by atoms with Crippen LogP contribution >= 0.6 is 43.5 Å². The molecule has 7 heteroatoms. The van der Waals surface area contributed by atoms with Crippen molar-refractivity contribution in [1.82, 2.24) is 0 Å². The maximum Gasteiger partial charge on any atom is 0.273 e. The van der Waals surface area contributed by atoms with E-state index < -0.39 is 4.92 Å². The summed E-state index contributed by atoms with van der Waals surface area (Å²) in [6.07, 6.45) is 0. The number of non-ortho nitro benzene ring substituents is 1. The molecule has 0 heterocycles. The van der Waals surface area contributed by atoms with E-state index in [-0.39, 0.29) is 11.4 Å². The largest absolute Gasteiger partial charge is 0.455 e. The Morgan fingerprint density at radius 1 is 1.25 bits per heavy atom. The van der Waals surface area contributed by atoms with Crippen LogP contribution in [0.2, 0.25) is 5.02 Å². The van der Waals surface area contributed by atoms with Gasteiger partial charge < -0.3 is 4.74 Å². The van der Waals surface area contributed by atoms with E-state index in [0.29, 0.717) is 16.1 Å². The number of hydrogen-bond donors (Lipinski definition) is 0. The highest BCUT2D eigenvalue weighted by Crippen LogP contribution is 2.34. The molecule has 0 spiro atoms. The number of nitro benzene ring substituents is 1. The zero-order valence-electron chi connectivity index (χ0n) is 9.98. The minimum atomic E-state index is -0.493. The van der Waals surface area contributed by atoms with Gasteiger partial charge in [0.25, 0.3) is 5.69 Å². The molecule has 0 aliphatic carbocycles. The molecule has 104 valence electrons. The van der Waals surface area contributed by atoms with Crippen molar-refractivity contribution in [3.05, 3.63) is 61.6 Å². The first kappa shape index (κ1) is 15.3. The van der Waals surface area contributed by atoms with Crippen LogP contribution in [0, 0.1) is 10.1 Å². The Kier molecular flexibility index (Phi) is 5.01. The van der Waals surface area contributed by atoms with Crippen LogP contribution in [0.4, 0.5) is 5.69 Å². The second kappa shape index (κ2) is 6.56. The molecule has 4 nitrogen and oxygen atoms in total. The first-order valence-corrected chi connectivity index (χ1v) is 7.76. The van der Waals surface area contributed by atoms with Crippen molar-refractivity contribution in [3.63, 3.8) is 0 Å². The Hall–Kier alpha value is -1.11. The summed E-state index contributed by atoms with van der Waals surface area (Å²) >= 11 is 12.8. The molecule has 0 saturated carbocycles. The number of nitrogens with zero attached hydrogens (tertiary/aromatic N) is 1. The van der Waals surface area contributed by atoms with Crippen LogP contribution in [0.15, 0.2) is 40.9 Å². The minimum absolute atomic E-state index is 0.0689. The van der Waals surface area contributed by atoms with Gasteiger partial charge in [-0.2, -0.15) is 0 Å². The molecule has 0 bridgehead atoms.